The lowest BCUT2D eigenvalue weighted by Crippen LogP contribution is -2.25. The first-order chi connectivity index (χ1) is 45.7. The third kappa shape index (κ3) is 12.7. The zero-order valence-electron chi connectivity index (χ0n) is 52.3. The van der Waals surface area contributed by atoms with Crippen molar-refractivity contribution in [2.24, 2.45) is 0 Å². The van der Waals surface area contributed by atoms with Gasteiger partial charge in [-0.3, -0.25) is 0 Å². The molecule has 0 N–H and O–H groups in total. The maximum Gasteiger partial charge on any atom is 0.130 e. The second kappa shape index (κ2) is 28.5. The Kier molecular flexibility index (Phi) is 18.4. The second-order valence-electron chi connectivity index (χ2n) is 24.6. The summed E-state index contributed by atoms with van der Waals surface area (Å²) in [5, 5.41) is 0. The summed E-state index contributed by atoms with van der Waals surface area (Å²) in [6.45, 7) is 0. The number of fused-ring (bicyclic) bond motifs is 19. The number of ether oxygens (including phenoxy) is 1. The number of hydrogen-bond donors (Lipinski definition) is 0. The molecule has 2 heteroatoms. The highest BCUT2D eigenvalue weighted by molar-refractivity contribution is 7.99. The zero-order valence-corrected chi connectivity index (χ0v) is 53.1. The van der Waals surface area contributed by atoms with Gasteiger partial charge in [0.1, 0.15) is 11.5 Å². The van der Waals surface area contributed by atoms with Gasteiger partial charge in [-0.25, -0.2) is 0 Å². The largest absolute Gasteiger partial charge is 0.457 e. The van der Waals surface area contributed by atoms with E-state index in [1.165, 1.54) is 160 Å². The summed E-state index contributed by atoms with van der Waals surface area (Å²) in [7, 11) is 0. The molecule has 13 aromatic carbocycles. The van der Waals surface area contributed by atoms with Gasteiger partial charge in [0.25, 0.3) is 0 Å². The van der Waals surface area contributed by atoms with Crippen molar-refractivity contribution in [3.8, 4) is 44.9 Å². The highest BCUT2D eigenvalue weighted by Crippen LogP contribution is 2.62. The molecule has 7 aliphatic rings. The van der Waals surface area contributed by atoms with Crippen LogP contribution in [-0.4, -0.2) is 0 Å². The minimum atomic E-state index is -0.180. The Morgan fingerprint density at radius 3 is 0.772 bits per heavy atom. The molecule has 5 aliphatic carbocycles. The maximum atomic E-state index is 5.78. The number of benzene rings is 13. The first-order valence-corrected chi connectivity index (χ1v) is 33.8. The van der Waals surface area contributed by atoms with Gasteiger partial charge in [-0.2, -0.15) is 0 Å². The molecule has 13 aromatic rings. The molecule has 448 valence electrons. The van der Waals surface area contributed by atoms with Gasteiger partial charge < -0.3 is 4.74 Å². The van der Waals surface area contributed by atoms with E-state index in [0.29, 0.717) is 0 Å². The van der Waals surface area contributed by atoms with E-state index in [9.17, 15) is 0 Å². The summed E-state index contributed by atoms with van der Waals surface area (Å²) in [5.41, 5.74) is 28.1. The smallest absolute Gasteiger partial charge is 0.130 e. The Labute approximate surface area is 549 Å². The molecule has 0 bridgehead atoms. The highest BCUT2D eigenvalue weighted by atomic mass is 32.2. The van der Waals surface area contributed by atoms with E-state index in [-0.39, 0.29) is 5.41 Å². The van der Waals surface area contributed by atoms with Gasteiger partial charge in [0.2, 0.25) is 0 Å². The van der Waals surface area contributed by atoms with Crippen LogP contribution in [0.1, 0.15) is 116 Å². The molecule has 92 heavy (non-hydrogen) atoms. The van der Waals surface area contributed by atoms with Gasteiger partial charge in [-0.1, -0.05) is 354 Å². The molecule has 0 unspecified atom stereocenters. The van der Waals surface area contributed by atoms with E-state index < -0.39 is 0 Å². The van der Waals surface area contributed by atoms with Crippen molar-refractivity contribution in [2.45, 2.75) is 85.8 Å². The lowest BCUT2D eigenvalue weighted by Gasteiger charge is -2.30. The van der Waals surface area contributed by atoms with Crippen molar-refractivity contribution in [3.05, 3.63) is 405 Å². The Morgan fingerprint density at radius 2 is 0.424 bits per heavy atom. The van der Waals surface area contributed by atoms with Crippen LogP contribution in [-0.2, 0) is 37.5 Å². The summed E-state index contributed by atoms with van der Waals surface area (Å²) in [4.78, 5) is 2.82. The molecule has 20 rings (SSSR count). The molecule has 1 spiro atoms. The molecular formula is C90H76OS. The van der Waals surface area contributed by atoms with Gasteiger partial charge in [-0.15, -0.1) is 0 Å². The monoisotopic (exact) mass is 1200 g/mol. The van der Waals surface area contributed by atoms with Crippen molar-refractivity contribution in [2.75, 3.05) is 0 Å². The van der Waals surface area contributed by atoms with Crippen molar-refractivity contribution in [3.63, 3.8) is 0 Å². The fourth-order valence-corrected chi connectivity index (χ4v) is 15.5. The van der Waals surface area contributed by atoms with Gasteiger partial charge in [-0.05, 0) is 161 Å². The number of rotatable bonds is 0. The summed E-state index contributed by atoms with van der Waals surface area (Å²) in [6.07, 6.45) is 14.4. The van der Waals surface area contributed by atoms with Crippen molar-refractivity contribution < 1.29 is 4.74 Å². The predicted octanol–water partition coefficient (Wildman–Crippen LogP) is 23.6. The molecule has 0 amide bonds. The molecule has 0 atom stereocenters. The lowest BCUT2D eigenvalue weighted by molar-refractivity contribution is 0.460. The van der Waals surface area contributed by atoms with Crippen LogP contribution in [0.4, 0.5) is 0 Å². The predicted molar refractivity (Wildman–Crippen MR) is 386 cm³/mol. The van der Waals surface area contributed by atoms with Crippen LogP contribution in [0.5, 0.6) is 11.5 Å². The molecule has 1 saturated carbocycles. The second-order valence-corrected chi connectivity index (χ2v) is 25.7. The van der Waals surface area contributed by atoms with E-state index >= 15 is 0 Å². The first-order valence-electron chi connectivity index (χ1n) is 33.0. The fraction of sp³-hybridized carbons (Fsp3) is 0.133. The Bertz CT molecular complexity index is 3900. The third-order valence-electron chi connectivity index (χ3n) is 18.9. The molecule has 2 heterocycles. The topological polar surface area (TPSA) is 9.23 Å². The van der Waals surface area contributed by atoms with E-state index in [4.69, 9.17) is 4.74 Å². The SMILES string of the molecule is C1CCCCC1.c1ccc2c(c1)-c1ccccc1C21c2ccccc2-c2ccccc21.c1ccc2c(c1)Cc1ccccc1-2.c1ccc2c(c1)Cc1ccccc1C2.c1ccc2c(c1)Cc1ccccc1O2.c1ccc2c(c1)Cc1ccccc1S2.c1ccccc1. The van der Waals surface area contributed by atoms with Crippen LogP contribution in [0.15, 0.2) is 337 Å². The zero-order chi connectivity index (χ0) is 61.7. The first kappa shape index (κ1) is 59.6. The van der Waals surface area contributed by atoms with E-state index in [0.717, 1.165) is 43.6 Å². The minimum absolute atomic E-state index is 0.180. The molecule has 1 fully saturated rings. The molecule has 0 saturated heterocycles. The average Bonchev–Trinajstić information content (AvgIpc) is 1.51. The van der Waals surface area contributed by atoms with Gasteiger partial charge in [0.15, 0.2) is 0 Å². The maximum absolute atomic E-state index is 5.78. The Balaban J connectivity index is 0.0000000975. The van der Waals surface area contributed by atoms with Crippen molar-refractivity contribution >= 4 is 11.8 Å². The normalized spacial score (nSPS) is 13.7. The standard InChI is InChI=1S/C25H16.C14H12.C13H10O.C13H10S.C13H10.C6H12.C6H6/c1-5-13-21-17(9-1)18-10-2-6-14-22(18)25(21)23-15-7-3-11-19(23)20-12-4-8-16-24(20)25;1-2-6-12-10-14-8-4-3-7-13(14)9-11(12)5-1;2*1-3-7-12-10(5-1)9-11-6-2-4-8-13(11)14-12;1-3-7-12-10(5-1)9-11-6-2-4-8-13(11)12;2*1-2-4-6-5-3-1/h1-16H;1-8H,9-10H2;2*1-8H,9H2;1-8H,9H2;1-6H2;1-6H. The van der Waals surface area contributed by atoms with Crippen LogP contribution in [0.25, 0.3) is 33.4 Å². The third-order valence-corrected chi connectivity index (χ3v) is 20.1. The summed E-state index contributed by atoms with van der Waals surface area (Å²) >= 11 is 1.88. The highest BCUT2D eigenvalue weighted by Gasteiger charge is 2.51. The Hall–Kier alpha value is -9.99. The number of hydrogen-bond acceptors (Lipinski definition) is 2. The van der Waals surface area contributed by atoms with Crippen molar-refractivity contribution in [1.82, 2.24) is 0 Å². The summed E-state index contributed by atoms with van der Waals surface area (Å²) in [6, 6.07) is 116. The molecule has 0 aromatic heterocycles. The van der Waals surface area contributed by atoms with E-state index in [1.54, 1.807) is 0 Å². The van der Waals surface area contributed by atoms with Crippen LogP contribution in [0.3, 0.4) is 0 Å². The van der Waals surface area contributed by atoms with Crippen LogP contribution in [0.2, 0.25) is 0 Å². The van der Waals surface area contributed by atoms with Gasteiger partial charge in [0.05, 0.1) is 5.41 Å². The van der Waals surface area contributed by atoms with Crippen molar-refractivity contribution in [1.29, 1.82) is 0 Å². The average molecular weight is 1210 g/mol. The molecular weight excluding hydrogens is 1130 g/mol. The lowest BCUT2D eigenvalue weighted by atomic mass is 9.70. The minimum Gasteiger partial charge on any atom is -0.457 e. The van der Waals surface area contributed by atoms with Crippen LogP contribution in [0, 0.1) is 0 Å². The van der Waals surface area contributed by atoms with Gasteiger partial charge in [0, 0.05) is 16.2 Å². The quantitative estimate of drug-likeness (QED) is 0.150. The molecule has 1 nitrogen and oxygen atoms in total. The summed E-state index contributed by atoms with van der Waals surface area (Å²) < 4.78 is 5.78. The molecule has 0 radical (unpaired) electrons. The van der Waals surface area contributed by atoms with Crippen LogP contribution >= 0.6 is 11.8 Å². The van der Waals surface area contributed by atoms with E-state index in [2.05, 4.69) is 267 Å². The van der Waals surface area contributed by atoms with E-state index in [1.807, 2.05) is 72.4 Å². The van der Waals surface area contributed by atoms with Crippen LogP contribution < -0.4 is 4.74 Å². The molecule has 2 aliphatic heterocycles. The fourth-order valence-electron chi connectivity index (χ4n) is 14.4. The summed E-state index contributed by atoms with van der Waals surface area (Å²) in [5.74, 6) is 1.98. The number of para-hydroxylation sites is 2. The Morgan fingerprint density at radius 1 is 0.196 bits per heavy atom. The van der Waals surface area contributed by atoms with Gasteiger partial charge >= 0.3 is 0 Å².